The summed E-state index contributed by atoms with van der Waals surface area (Å²) in [5.41, 5.74) is 7.34. The van der Waals surface area contributed by atoms with Gasteiger partial charge in [-0.3, -0.25) is 14.4 Å². The Morgan fingerprint density at radius 2 is 1.51 bits per heavy atom. The molecule has 3 amide bonds. The van der Waals surface area contributed by atoms with Crippen LogP contribution in [-0.2, 0) is 25.6 Å². The molecule has 1 aromatic heterocycles. The number of nitrogens with two attached hydrogens (primary N) is 1. The highest BCUT2D eigenvalue weighted by molar-refractivity contribution is 5.95. The topological polar surface area (TPSA) is 187 Å². The summed E-state index contributed by atoms with van der Waals surface area (Å²) < 4.78 is 0. The molecule has 1 aromatic carbocycles. The standard InChI is InChI=1S/C26H39N5O6/c1-13(2)10-19(30-25(35)21(27)15(5)32)23(33)29-20(24(34)31-22(14(3)4)26(36)37)11-16-12-28-18-9-7-6-8-17(16)18/h6-9,12-15,19-22,28,32H,10-11,27H2,1-5H3,(H,29,33)(H,30,35)(H,31,34)(H,36,37). The minimum atomic E-state index is -1.23. The second-order valence-electron chi connectivity index (χ2n) is 10.2. The monoisotopic (exact) mass is 517 g/mol. The number of carboxylic acids is 1. The van der Waals surface area contributed by atoms with Crippen LogP contribution in [0.15, 0.2) is 30.5 Å². The quantitative estimate of drug-likeness (QED) is 0.203. The number of carboxylic acid groups (broad SMARTS) is 1. The molecule has 0 spiro atoms. The predicted octanol–water partition coefficient (Wildman–Crippen LogP) is 0.660. The van der Waals surface area contributed by atoms with E-state index >= 15 is 0 Å². The van der Waals surface area contributed by atoms with E-state index in [1.807, 2.05) is 38.1 Å². The fourth-order valence-corrected chi connectivity index (χ4v) is 3.96. The average Bonchev–Trinajstić information content (AvgIpc) is 3.22. The number of hydrogen-bond donors (Lipinski definition) is 7. The van der Waals surface area contributed by atoms with E-state index in [-0.39, 0.29) is 24.7 Å². The van der Waals surface area contributed by atoms with Crippen molar-refractivity contribution in [2.24, 2.45) is 17.6 Å². The minimum absolute atomic E-state index is 0.0112. The minimum Gasteiger partial charge on any atom is -0.480 e. The number of carbonyl (C=O) groups excluding carboxylic acids is 3. The Morgan fingerprint density at radius 1 is 0.919 bits per heavy atom. The van der Waals surface area contributed by atoms with Crippen LogP contribution in [0.1, 0.15) is 46.6 Å². The Kier molecular flexibility index (Phi) is 10.6. The number of aliphatic hydroxyl groups is 1. The van der Waals surface area contributed by atoms with Gasteiger partial charge in [0.15, 0.2) is 0 Å². The Labute approximate surface area is 216 Å². The highest BCUT2D eigenvalue weighted by Crippen LogP contribution is 2.19. The molecule has 2 aromatic rings. The van der Waals surface area contributed by atoms with E-state index < -0.39 is 54.0 Å². The number of aliphatic hydroxyl groups excluding tert-OH is 1. The zero-order valence-corrected chi connectivity index (χ0v) is 21.9. The third-order valence-electron chi connectivity index (χ3n) is 6.12. The van der Waals surface area contributed by atoms with E-state index in [0.29, 0.717) is 0 Å². The van der Waals surface area contributed by atoms with E-state index in [9.17, 15) is 29.4 Å². The van der Waals surface area contributed by atoms with Crippen LogP contribution in [0.25, 0.3) is 10.9 Å². The van der Waals surface area contributed by atoms with Gasteiger partial charge < -0.3 is 36.9 Å². The van der Waals surface area contributed by atoms with Crippen molar-refractivity contribution >= 4 is 34.6 Å². The van der Waals surface area contributed by atoms with Crippen LogP contribution in [0.5, 0.6) is 0 Å². The first-order chi connectivity index (χ1) is 17.3. The number of aromatic nitrogens is 1. The Balaban J connectivity index is 2.34. The van der Waals surface area contributed by atoms with E-state index in [0.717, 1.165) is 16.5 Å². The lowest BCUT2D eigenvalue weighted by Crippen LogP contribution is -2.59. The molecule has 0 aliphatic heterocycles. The van der Waals surface area contributed by atoms with E-state index in [1.165, 1.54) is 6.92 Å². The van der Waals surface area contributed by atoms with E-state index in [2.05, 4.69) is 20.9 Å². The molecule has 0 saturated carbocycles. The van der Waals surface area contributed by atoms with Crippen molar-refractivity contribution in [1.29, 1.82) is 0 Å². The number of amides is 3. The largest absolute Gasteiger partial charge is 0.480 e. The van der Waals surface area contributed by atoms with Gasteiger partial charge in [0, 0.05) is 23.5 Å². The van der Waals surface area contributed by atoms with Crippen molar-refractivity contribution in [2.75, 3.05) is 0 Å². The molecule has 204 valence electrons. The van der Waals surface area contributed by atoms with Crippen LogP contribution in [0.2, 0.25) is 0 Å². The number of aliphatic carboxylic acids is 1. The number of H-pyrrole nitrogens is 1. The van der Waals surface area contributed by atoms with Crippen molar-refractivity contribution in [3.63, 3.8) is 0 Å². The van der Waals surface area contributed by atoms with E-state index in [1.54, 1.807) is 20.0 Å². The molecule has 11 nitrogen and oxygen atoms in total. The number of nitrogens with one attached hydrogen (secondary N) is 4. The summed E-state index contributed by atoms with van der Waals surface area (Å²) >= 11 is 0. The van der Waals surface area contributed by atoms with Gasteiger partial charge in [-0.25, -0.2) is 4.79 Å². The summed E-state index contributed by atoms with van der Waals surface area (Å²) in [5.74, 6) is -3.53. The van der Waals surface area contributed by atoms with Crippen LogP contribution < -0.4 is 21.7 Å². The van der Waals surface area contributed by atoms with Gasteiger partial charge in [0.1, 0.15) is 24.2 Å². The number of rotatable bonds is 13. The maximum absolute atomic E-state index is 13.3. The predicted molar refractivity (Wildman–Crippen MR) is 139 cm³/mol. The molecule has 0 radical (unpaired) electrons. The number of fused-ring (bicyclic) bond motifs is 1. The van der Waals surface area contributed by atoms with Crippen molar-refractivity contribution in [3.05, 3.63) is 36.0 Å². The molecule has 1 heterocycles. The van der Waals surface area contributed by atoms with Crippen LogP contribution in [0.3, 0.4) is 0 Å². The van der Waals surface area contributed by atoms with Gasteiger partial charge in [0.05, 0.1) is 6.10 Å². The van der Waals surface area contributed by atoms with Gasteiger partial charge in [0.2, 0.25) is 17.7 Å². The zero-order chi connectivity index (χ0) is 27.9. The van der Waals surface area contributed by atoms with Gasteiger partial charge in [-0.1, -0.05) is 45.9 Å². The second-order valence-corrected chi connectivity index (χ2v) is 10.2. The van der Waals surface area contributed by atoms with Crippen molar-refractivity contribution in [2.45, 2.75) is 77.7 Å². The number of para-hydroxylation sites is 1. The first kappa shape index (κ1) is 29.8. The van der Waals surface area contributed by atoms with Crippen molar-refractivity contribution in [1.82, 2.24) is 20.9 Å². The third-order valence-corrected chi connectivity index (χ3v) is 6.12. The number of benzene rings is 1. The lowest BCUT2D eigenvalue weighted by Gasteiger charge is -2.27. The molecular weight excluding hydrogens is 478 g/mol. The summed E-state index contributed by atoms with van der Waals surface area (Å²) in [6, 6.07) is 2.97. The smallest absolute Gasteiger partial charge is 0.326 e. The normalized spacial score (nSPS) is 15.6. The summed E-state index contributed by atoms with van der Waals surface area (Å²) in [6.45, 7) is 8.46. The second kappa shape index (κ2) is 13.2. The first-order valence-electron chi connectivity index (χ1n) is 12.4. The van der Waals surface area contributed by atoms with Crippen LogP contribution in [-0.4, -0.2) is 69.2 Å². The molecule has 0 aliphatic carbocycles. The van der Waals surface area contributed by atoms with Gasteiger partial charge in [-0.05, 0) is 36.8 Å². The summed E-state index contributed by atoms with van der Waals surface area (Å²) in [6.07, 6.45) is 0.965. The fourth-order valence-electron chi connectivity index (χ4n) is 3.96. The number of carbonyl (C=O) groups is 4. The molecule has 5 atom stereocenters. The molecule has 0 saturated heterocycles. The number of hydrogen-bond acceptors (Lipinski definition) is 6. The molecule has 2 rings (SSSR count). The summed E-state index contributed by atoms with van der Waals surface area (Å²) in [5, 5.41) is 27.9. The maximum atomic E-state index is 13.3. The Hall–Kier alpha value is -3.44. The van der Waals surface area contributed by atoms with E-state index in [4.69, 9.17) is 5.73 Å². The van der Waals surface area contributed by atoms with Crippen LogP contribution in [0.4, 0.5) is 0 Å². The average molecular weight is 518 g/mol. The number of aromatic amines is 1. The molecule has 5 unspecified atom stereocenters. The van der Waals surface area contributed by atoms with Gasteiger partial charge in [0.25, 0.3) is 0 Å². The summed E-state index contributed by atoms with van der Waals surface area (Å²) in [7, 11) is 0. The van der Waals surface area contributed by atoms with Gasteiger partial charge >= 0.3 is 5.97 Å². The lowest BCUT2D eigenvalue weighted by atomic mass is 9.99. The summed E-state index contributed by atoms with van der Waals surface area (Å²) in [4.78, 5) is 53.9. The van der Waals surface area contributed by atoms with Crippen molar-refractivity contribution < 1.29 is 29.4 Å². The molecule has 37 heavy (non-hydrogen) atoms. The Bertz CT molecular complexity index is 1100. The molecule has 0 bridgehead atoms. The fraction of sp³-hybridized carbons (Fsp3) is 0.538. The highest BCUT2D eigenvalue weighted by atomic mass is 16.4. The third kappa shape index (κ3) is 8.29. The molecule has 11 heteroatoms. The molecule has 0 aliphatic rings. The van der Waals surface area contributed by atoms with Crippen LogP contribution in [0, 0.1) is 11.8 Å². The Morgan fingerprint density at radius 3 is 2.08 bits per heavy atom. The maximum Gasteiger partial charge on any atom is 0.326 e. The molecular formula is C26H39N5O6. The molecule has 0 fully saturated rings. The SMILES string of the molecule is CC(C)CC(NC(=O)C(N)C(C)O)C(=O)NC(Cc1c[nH]c2ccccc12)C(=O)NC(C(=O)O)C(C)C. The first-order valence-corrected chi connectivity index (χ1v) is 12.4. The highest BCUT2D eigenvalue weighted by Gasteiger charge is 2.32. The van der Waals surface area contributed by atoms with Crippen LogP contribution >= 0.6 is 0 Å². The zero-order valence-electron chi connectivity index (χ0n) is 21.9. The van der Waals surface area contributed by atoms with Crippen molar-refractivity contribution in [3.8, 4) is 0 Å². The molecule has 8 N–H and O–H groups in total. The lowest BCUT2D eigenvalue weighted by molar-refractivity contribution is -0.143. The van der Waals surface area contributed by atoms with Gasteiger partial charge in [-0.2, -0.15) is 0 Å². The van der Waals surface area contributed by atoms with Gasteiger partial charge in [-0.15, -0.1) is 0 Å².